The number of para-hydroxylation sites is 1. The molecule has 4 rings (SSSR count). The lowest BCUT2D eigenvalue weighted by Crippen LogP contribution is -2.42. The maximum atomic E-state index is 14.3. The number of benzene rings is 1. The third-order valence-electron chi connectivity index (χ3n) is 5.07. The van der Waals surface area contributed by atoms with Crippen molar-refractivity contribution in [3.05, 3.63) is 51.8 Å². The van der Waals surface area contributed by atoms with Gasteiger partial charge in [-0.2, -0.15) is 4.39 Å². The molecule has 1 amide bonds. The molecule has 0 radical (unpaired) electrons. The molecule has 0 aliphatic carbocycles. The maximum absolute atomic E-state index is 14.3. The molecule has 28 heavy (non-hydrogen) atoms. The number of aliphatic hydroxyl groups excluding tert-OH is 1. The Labute approximate surface area is 160 Å². The van der Waals surface area contributed by atoms with Crippen molar-refractivity contribution in [3.63, 3.8) is 0 Å². The molecule has 1 aromatic carbocycles. The molecule has 1 unspecified atom stereocenters. The van der Waals surface area contributed by atoms with E-state index in [2.05, 4.69) is 9.97 Å². The predicted molar refractivity (Wildman–Crippen MR) is 100 cm³/mol. The molecule has 8 nitrogen and oxygen atoms in total. The number of hydrogen-bond acceptors (Lipinski definition) is 6. The second-order valence-electron chi connectivity index (χ2n) is 6.86. The Morgan fingerprint density at radius 2 is 2.07 bits per heavy atom. The largest absolute Gasteiger partial charge is 0.394 e. The van der Waals surface area contributed by atoms with Gasteiger partial charge in [0.2, 0.25) is 11.7 Å². The van der Waals surface area contributed by atoms with Gasteiger partial charge in [-0.25, -0.2) is 4.98 Å². The highest BCUT2D eigenvalue weighted by molar-refractivity contribution is 5.97. The van der Waals surface area contributed by atoms with Gasteiger partial charge in [0.1, 0.15) is 5.82 Å². The monoisotopic (exact) mass is 388 g/mol. The van der Waals surface area contributed by atoms with Gasteiger partial charge in [0.25, 0.3) is 5.56 Å². The first-order valence-electron chi connectivity index (χ1n) is 9.20. The number of morpholine rings is 1. The molecule has 1 aromatic heterocycles. The first-order chi connectivity index (χ1) is 13.6. The number of anilines is 2. The zero-order valence-electron chi connectivity index (χ0n) is 15.2. The molecule has 1 atom stereocenters. The van der Waals surface area contributed by atoms with Gasteiger partial charge in [-0.1, -0.05) is 18.2 Å². The van der Waals surface area contributed by atoms with Crippen LogP contribution < -0.4 is 15.4 Å². The van der Waals surface area contributed by atoms with E-state index in [0.29, 0.717) is 32.7 Å². The van der Waals surface area contributed by atoms with E-state index in [4.69, 9.17) is 4.74 Å². The Balaban J connectivity index is 1.61. The summed E-state index contributed by atoms with van der Waals surface area (Å²) in [5, 5.41) is 9.68. The Bertz CT molecular complexity index is 942. The molecular weight excluding hydrogens is 367 g/mol. The van der Waals surface area contributed by atoms with E-state index in [1.807, 2.05) is 24.3 Å². The lowest BCUT2D eigenvalue weighted by atomic mass is 10.1. The van der Waals surface area contributed by atoms with E-state index in [9.17, 15) is 19.1 Å². The van der Waals surface area contributed by atoms with Gasteiger partial charge in [-0.3, -0.25) is 9.59 Å². The first-order valence-corrected chi connectivity index (χ1v) is 9.20. The molecule has 2 N–H and O–H groups in total. The van der Waals surface area contributed by atoms with E-state index in [0.717, 1.165) is 11.3 Å². The summed E-state index contributed by atoms with van der Waals surface area (Å²) in [6.07, 6.45) is 0.364. The third-order valence-corrected chi connectivity index (χ3v) is 5.07. The van der Waals surface area contributed by atoms with E-state index < -0.39 is 11.4 Å². The van der Waals surface area contributed by atoms with E-state index in [-0.39, 0.29) is 36.6 Å². The van der Waals surface area contributed by atoms with Crippen molar-refractivity contribution in [2.75, 3.05) is 42.7 Å². The van der Waals surface area contributed by atoms with Crippen LogP contribution in [0.3, 0.4) is 0 Å². The number of aromatic amines is 1. The minimum Gasteiger partial charge on any atom is -0.394 e. The Hall–Kier alpha value is -2.78. The number of nitrogens with zero attached hydrogens (tertiary/aromatic N) is 3. The number of hydrogen-bond donors (Lipinski definition) is 2. The fourth-order valence-corrected chi connectivity index (χ4v) is 3.73. The van der Waals surface area contributed by atoms with Crippen LogP contribution in [0.2, 0.25) is 0 Å². The highest BCUT2D eigenvalue weighted by Crippen LogP contribution is 2.32. The molecule has 3 heterocycles. The summed E-state index contributed by atoms with van der Waals surface area (Å²) < 4.78 is 19.5. The number of ether oxygens (including phenoxy) is 1. The molecule has 148 valence electrons. The van der Waals surface area contributed by atoms with Gasteiger partial charge >= 0.3 is 0 Å². The van der Waals surface area contributed by atoms with Crippen molar-refractivity contribution in [2.24, 2.45) is 0 Å². The van der Waals surface area contributed by atoms with Gasteiger partial charge in [-0.15, -0.1) is 0 Å². The standard InChI is InChI=1S/C19H21FN4O4/c20-17-18(23-5-7-28-8-6-23)21-15(22-19(17)27)10-16(26)24-13(11-25)9-12-3-1-2-4-14(12)24/h1-4,13,25H,5-11H2,(H,21,22,27). The molecule has 2 aliphatic rings. The van der Waals surface area contributed by atoms with Crippen LogP contribution in [0.5, 0.6) is 0 Å². The summed E-state index contributed by atoms with van der Waals surface area (Å²) in [6, 6.07) is 7.08. The molecule has 0 saturated carbocycles. The summed E-state index contributed by atoms with van der Waals surface area (Å²) in [5.41, 5.74) is 0.814. The zero-order valence-corrected chi connectivity index (χ0v) is 15.2. The van der Waals surface area contributed by atoms with E-state index >= 15 is 0 Å². The summed E-state index contributed by atoms with van der Waals surface area (Å²) >= 11 is 0. The molecular formula is C19H21FN4O4. The fourth-order valence-electron chi connectivity index (χ4n) is 3.73. The van der Waals surface area contributed by atoms with Gasteiger partial charge in [0, 0.05) is 18.8 Å². The number of aliphatic hydroxyl groups is 1. The first kappa shape index (κ1) is 18.6. The number of rotatable bonds is 4. The maximum Gasteiger partial charge on any atom is 0.289 e. The molecule has 2 aromatic rings. The van der Waals surface area contributed by atoms with Gasteiger partial charge in [0.15, 0.2) is 5.82 Å². The summed E-state index contributed by atoms with van der Waals surface area (Å²) in [7, 11) is 0. The second kappa shape index (κ2) is 7.69. The average Bonchev–Trinajstić information content (AvgIpc) is 3.10. The molecule has 1 saturated heterocycles. The van der Waals surface area contributed by atoms with Crippen LogP contribution in [0.4, 0.5) is 15.9 Å². The average molecular weight is 388 g/mol. The number of carbonyl (C=O) groups excluding carboxylic acids is 1. The summed E-state index contributed by atoms with van der Waals surface area (Å²) in [6.45, 7) is 1.52. The lowest BCUT2D eigenvalue weighted by molar-refractivity contribution is -0.118. The van der Waals surface area contributed by atoms with Crippen molar-refractivity contribution in [2.45, 2.75) is 18.9 Å². The molecule has 2 aliphatic heterocycles. The van der Waals surface area contributed by atoms with E-state index in [1.54, 1.807) is 4.90 Å². The van der Waals surface area contributed by atoms with Gasteiger partial charge in [0.05, 0.1) is 32.3 Å². The number of nitrogens with one attached hydrogen (secondary N) is 1. The van der Waals surface area contributed by atoms with Crippen LogP contribution in [-0.4, -0.2) is 59.9 Å². The molecule has 9 heteroatoms. The molecule has 0 bridgehead atoms. The number of H-pyrrole nitrogens is 1. The van der Waals surface area contributed by atoms with Crippen molar-refractivity contribution < 1.29 is 19.0 Å². The lowest BCUT2D eigenvalue weighted by Gasteiger charge is -2.28. The van der Waals surface area contributed by atoms with Crippen LogP contribution in [0, 0.1) is 5.82 Å². The highest BCUT2D eigenvalue weighted by Gasteiger charge is 2.33. The number of halogens is 1. The smallest absolute Gasteiger partial charge is 0.289 e. The Kier molecular flexibility index (Phi) is 5.10. The van der Waals surface area contributed by atoms with Crippen molar-refractivity contribution >= 4 is 17.4 Å². The van der Waals surface area contributed by atoms with E-state index in [1.165, 1.54) is 4.90 Å². The summed E-state index contributed by atoms with van der Waals surface area (Å²) in [5.74, 6) is -1.24. The molecule has 1 fully saturated rings. The second-order valence-corrected chi connectivity index (χ2v) is 6.86. The van der Waals surface area contributed by atoms with Gasteiger partial charge in [-0.05, 0) is 18.1 Å². The van der Waals surface area contributed by atoms with Crippen molar-refractivity contribution in [1.82, 2.24) is 9.97 Å². The van der Waals surface area contributed by atoms with Crippen LogP contribution >= 0.6 is 0 Å². The SMILES string of the molecule is O=C(Cc1nc(N2CCOCC2)c(F)c(=O)[nH]1)N1c2ccccc2CC1CO. The fraction of sp³-hybridized carbons (Fsp3) is 0.421. The number of carbonyl (C=O) groups is 1. The summed E-state index contributed by atoms with van der Waals surface area (Å²) in [4.78, 5) is 34.7. The van der Waals surface area contributed by atoms with Crippen molar-refractivity contribution in [3.8, 4) is 0 Å². The van der Waals surface area contributed by atoms with Crippen LogP contribution in [0.25, 0.3) is 0 Å². The highest BCUT2D eigenvalue weighted by atomic mass is 19.1. The quantitative estimate of drug-likeness (QED) is 0.779. The minimum absolute atomic E-state index is 0.0598. The number of fused-ring (bicyclic) bond motifs is 1. The normalized spacial score (nSPS) is 19.0. The van der Waals surface area contributed by atoms with Crippen LogP contribution in [-0.2, 0) is 22.4 Å². The third kappa shape index (κ3) is 3.38. The molecule has 0 spiro atoms. The number of amides is 1. The Morgan fingerprint density at radius 3 is 2.82 bits per heavy atom. The van der Waals surface area contributed by atoms with Crippen LogP contribution in [0.1, 0.15) is 11.4 Å². The minimum atomic E-state index is -0.960. The van der Waals surface area contributed by atoms with Crippen molar-refractivity contribution in [1.29, 1.82) is 0 Å². The topological polar surface area (TPSA) is 98.8 Å². The predicted octanol–water partition coefficient (Wildman–Crippen LogP) is 0.238. The van der Waals surface area contributed by atoms with Crippen LogP contribution in [0.15, 0.2) is 29.1 Å². The zero-order chi connectivity index (χ0) is 19.7. The Morgan fingerprint density at radius 1 is 1.32 bits per heavy atom. The van der Waals surface area contributed by atoms with Gasteiger partial charge < -0.3 is 24.6 Å². The number of aromatic nitrogens is 2.